The van der Waals surface area contributed by atoms with E-state index in [1.54, 1.807) is 0 Å². The standard InChI is InChI=1S/C19H29N3O2/c1-13(16-7-9-20-10-8-16)11-19(24)21-14(2)17-5-4-6-18(12-17)22-15(3)23/h4-6,12-14,16,20H,7-11H2,1-3H3,(H,21,24)(H,22,23). The largest absolute Gasteiger partial charge is 0.350 e. The number of carbonyl (C=O) groups is 2. The van der Waals surface area contributed by atoms with Crippen LogP contribution in [0.1, 0.15) is 51.6 Å². The summed E-state index contributed by atoms with van der Waals surface area (Å²) in [5, 5.41) is 9.22. The minimum atomic E-state index is -0.0976. The lowest BCUT2D eigenvalue weighted by atomic mass is 9.84. The maximum atomic E-state index is 12.3. The van der Waals surface area contributed by atoms with Crippen LogP contribution in [-0.4, -0.2) is 24.9 Å². The van der Waals surface area contributed by atoms with Crippen LogP contribution >= 0.6 is 0 Å². The molecule has 0 radical (unpaired) electrons. The lowest BCUT2D eigenvalue weighted by Crippen LogP contribution is -2.34. The molecular weight excluding hydrogens is 302 g/mol. The van der Waals surface area contributed by atoms with E-state index < -0.39 is 0 Å². The van der Waals surface area contributed by atoms with Gasteiger partial charge < -0.3 is 16.0 Å². The fourth-order valence-corrected chi connectivity index (χ4v) is 3.35. The van der Waals surface area contributed by atoms with E-state index in [0.717, 1.165) is 37.2 Å². The summed E-state index contributed by atoms with van der Waals surface area (Å²) in [5.74, 6) is 1.04. The quantitative estimate of drug-likeness (QED) is 0.751. The average molecular weight is 331 g/mol. The molecule has 5 heteroatoms. The number of amides is 2. The molecule has 5 nitrogen and oxygen atoms in total. The van der Waals surface area contributed by atoms with Crippen LogP contribution in [0.4, 0.5) is 5.69 Å². The van der Waals surface area contributed by atoms with Gasteiger partial charge in [0.1, 0.15) is 0 Å². The molecule has 1 aliphatic rings. The van der Waals surface area contributed by atoms with Crippen molar-refractivity contribution in [2.24, 2.45) is 11.8 Å². The van der Waals surface area contributed by atoms with Crippen LogP contribution in [0.2, 0.25) is 0 Å². The minimum Gasteiger partial charge on any atom is -0.350 e. The first kappa shape index (κ1) is 18.5. The molecule has 3 N–H and O–H groups in total. The topological polar surface area (TPSA) is 70.2 Å². The van der Waals surface area contributed by atoms with Crippen LogP contribution in [0, 0.1) is 11.8 Å². The van der Waals surface area contributed by atoms with Gasteiger partial charge in [-0.3, -0.25) is 9.59 Å². The third-order valence-electron chi connectivity index (χ3n) is 4.78. The number of nitrogens with one attached hydrogen (secondary N) is 3. The van der Waals surface area contributed by atoms with Crippen molar-refractivity contribution >= 4 is 17.5 Å². The SMILES string of the molecule is CC(=O)Nc1cccc(C(C)NC(=O)CC(C)C2CCNCC2)c1. The summed E-state index contributed by atoms with van der Waals surface area (Å²) in [7, 11) is 0. The molecule has 1 aromatic carbocycles. The van der Waals surface area contributed by atoms with Crippen molar-refractivity contribution in [1.29, 1.82) is 0 Å². The maximum Gasteiger partial charge on any atom is 0.221 e. The second-order valence-electron chi connectivity index (χ2n) is 6.86. The highest BCUT2D eigenvalue weighted by molar-refractivity contribution is 5.88. The fourth-order valence-electron chi connectivity index (χ4n) is 3.35. The summed E-state index contributed by atoms with van der Waals surface area (Å²) >= 11 is 0. The van der Waals surface area contributed by atoms with Gasteiger partial charge >= 0.3 is 0 Å². The van der Waals surface area contributed by atoms with Gasteiger partial charge in [-0.2, -0.15) is 0 Å². The van der Waals surface area contributed by atoms with Crippen LogP contribution in [-0.2, 0) is 9.59 Å². The summed E-state index contributed by atoms with van der Waals surface area (Å²) in [5.41, 5.74) is 1.74. The molecule has 1 aromatic rings. The van der Waals surface area contributed by atoms with E-state index in [0.29, 0.717) is 18.3 Å². The Morgan fingerprint density at radius 2 is 1.96 bits per heavy atom. The van der Waals surface area contributed by atoms with Gasteiger partial charge in [0.05, 0.1) is 6.04 Å². The van der Waals surface area contributed by atoms with E-state index in [1.165, 1.54) is 6.92 Å². The predicted molar refractivity (Wildman–Crippen MR) is 96.7 cm³/mol. The summed E-state index contributed by atoms with van der Waals surface area (Å²) < 4.78 is 0. The molecule has 0 bridgehead atoms. The van der Waals surface area contributed by atoms with E-state index >= 15 is 0 Å². The Balaban J connectivity index is 1.87. The molecule has 1 aliphatic heterocycles. The first-order valence-electron chi connectivity index (χ1n) is 8.83. The van der Waals surface area contributed by atoms with Crippen molar-refractivity contribution in [2.75, 3.05) is 18.4 Å². The Hall–Kier alpha value is -1.88. The molecule has 0 spiro atoms. The monoisotopic (exact) mass is 331 g/mol. The van der Waals surface area contributed by atoms with Crippen LogP contribution in [0.3, 0.4) is 0 Å². The Morgan fingerprint density at radius 3 is 2.62 bits per heavy atom. The molecule has 132 valence electrons. The Labute approximate surface area is 144 Å². The van der Waals surface area contributed by atoms with Gasteiger partial charge in [-0.15, -0.1) is 0 Å². The lowest BCUT2D eigenvalue weighted by molar-refractivity contribution is -0.123. The summed E-state index contributed by atoms with van der Waals surface area (Å²) in [6.07, 6.45) is 2.88. The number of hydrogen-bond acceptors (Lipinski definition) is 3. The second-order valence-corrected chi connectivity index (χ2v) is 6.86. The average Bonchev–Trinajstić information content (AvgIpc) is 2.55. The first-order valence-corrected chi connectivity index (χ1v) is 8.83. The van der Waals surface area contributed by atoms with E-state index in [2.05, 4.69) is 22.9 Å². The predicted octanol–water partition coefficient (Wildman–Crippen LogP) is 2.85. The zero-order valence-electron chi connectivity index (χ0n) is 14.9. The van der Waals surface area contributed by atoms with Gasteiger partial charge in [0.2, 0.25) is 11.8 Å². The Bertz CT molecular complexity index is 567. The number of carbonyl (C=O) groups excluding carboxylic acids is 2. The minimum absolute atomic E-state index is 0.0774. The van der Waals surface area contributed by atoms with Crippen LogP contribution in [0.15, 0.2) is 24.3 Å². The molecule has 2 amide bonds. The highest BCUT2D eigenvalue weighted by Gasteiger charge is 2.22. The van der Waals surface area contributed by atoms with Crippen molar-refractivity contribution in [1.82, 2.24) is 10.6 Å². The van der Waals surface area contributed by atoms with Crippen molar-refractivity contribution < 1.29 is 9.59 Å². The lowest BCUT2D eigenvalue weighted by Gasteiger charge is -2.28. The maximum absolute atomic E-state index is 12.3. The summed E-state index contributed by atoms with van der Waals surface area (Å²) in [4.78, 5) is 23.5. The fraction of sp³-hybridized carbons (Fsp3) is 0.579. The van der Waals surface area contributed by atoms with E-state index in [9.17, 15) is 9.59 Å². The molecular formula is C19H29N3O2. The van der Waals surface area contributed by atoms with Gasteiger partial charge in [-0.25, -0.2) is 0 Å². The van der Waals surface area contributed by atoms with Crippen molar-refractivity contribution in [3.8, 4) is 0 Å². The van der Waals surface area contributed by atoms with Crippen LogP contribution < -0.4 is 16.0 Å². The molecule has 2 unspecified atom stereocenters. The molecule has 24 heavy (non-hydrogen) atoms. The van der Waals surface area contributed by atoms with Gasteiger partial charge in [0.15, 0.2) is 0 Å². The van der Waals surface area contributed by atoms with Crippen molar-refractivity contribution in [2.45, 2.75) is 46.1 Å². The van der Waals surface area contributed by atoms with Gasteiger partial charge in [-0.05, 0) is 62.4 Å². The van der Waals surface area contributed by atoms with Crippen LogP contribution in [0.5, 0.6) is 0 Å². The Kier molecular flexibility index (Phi) is 6.79. The molecule has 0 aliphatic carbocycles. The first-order chi connectivity index (χ1) is 11.5. The highest BCUT2D eigenvalue weighted by atomic mass is 16.2. The van der Waals surface area contributed by atoms with Crippen LogP contribution in [0.25, 0.3) is 0 Å². The Morgan fingerprint density at radius 1 is 1.25 bits per heavy atom. The molecule has 0 saturated carbocycles. The number of rotatable bonds is 6. The number of benzene rings is 1. The molecule has 2 atom stereocenters. The zero-order valence-corrected chi connectivity index (χ0v) is 14.9. The van der Waals surface area contributed by atoms with E-state index in [4.69, 9.17) is 0 Å². The molecule has 1 saturated heterocycles. The molecule has 0 aromatic heterocycles. The third-order valence-corrected chi connectivity index (χ3v) is 4.78. The second kappa shape index (κ2) is 8.83. The van der Waals surface area contributed by atoms with Crippen molar-refractivity contribution in [3.05, 3.63) is 29.8 Å². The van der Waals surface area contributed by atoms with Gasteiger partial charge in [0, 0.05) is 19.0 Å². The number of hydrogen-bond donors (Lipinski definition) is 3. The van der Waals surface area contributed by atoms with Gasteiger partial charge in [-0.1, -0.05) is 19.1 Å². The summed E-state index contributed by atoms with van der Waals surface area (Å²) in [6, 6.07) is 7.53. The number of piperidine rings is 1. The van der Waals surface area contributed by atoms with Crippen molar-refractivity contribution in [3.63, 3.8) is 0 Å². The molecule has 1 fully saturated rings. The molecule has 1 heterocycles. The van der Waals surface area contributed by atoms with E-state index in [-0.39, 0.29) is 17.9 Å². The third kappa shape index (κ3) is 5.64. The smallest absolute Gasteiger partial charge is 0.221 e. The van der Waals surface area contributed by atoms with Gasteiger partial charge in [0.25, 0.3) is 0 Å². The number of anilines is 1. The highest BCUT2D eigenvalue weighted by Crippen LogP contribution is 2.25. The van der Waals surface area contributed by atoms with E-state index in [1.807, 2.05) is 31.2 Å². The normalized spacial score (nSPS) is 17.8. The summed E-state index contributed by atoms with van der Waals surface area (Å²) in [6.45, 7) is 7.75. The zero-order chi connectivity index (χ0) is 17.5. The molecule has 2 rings (SSSR count).